The lowest BCUT2D eigenvalue weighted by atomic mass is 9.77. The first-order valence-corrected chi connectivity index (χ1v) is 10.5. The van der Waals surface area contributed by atoms with Gasteiger partial charge in [0.25, 0.3) is 0 Å². The minimum atomic E-state index is -5.08. The van der Waals surface area contributed by atoms with Gasteiger partial charge in [0.15, 0.2) is 0 Å². The lowest BCUT2D eigenvalue weighted by molar-refractivity contribution is -0.192. The van der Waals surface area contributed by atoms with Crippen molar-refractivity contribution in [1.82, 2.24) is 20.2 Å². The molecule has 0 aromatic carbocycles. The van der Waals surface area contributed by atoms with E-state index >= 15 is 0 Å². The van der Waals surface area contributed by atoms with E-state index in [1.54, 1.807) is 17.2 Å². The number of alkyl halides is 3. The number of carboxylic acids is 1. The first-order valence-electron chi connectivity index (χ1n) is 10.5. The van der Waals surface area contributed by atoms with E-state index in [0.717, 1.165) is 6.20 Å². The van der Waals surface area contributed by atoms with Crippen molar-refractivity contribution in [2.75, 3.05) is 26.2 Å². The number of aliphatic carboxylic acids is 1. The number of hydrogen-bond donors (Lipinski definition) is 2. The Kier molecular flexibility index (Phi) is 7.87. The number of likely N-dealkylation sites (tertiary alicyclic amines) is 1. The SMILES string of the molecule is O=C(Cc1ccc(F)cn1)N1CC[C@]2(C1)C(=O)NC[C@@H]2COc1ccccn1.O=C(O)C(F)(F)F. The van der Waals surface area contributed by atoms with Gasteiger partial charge in [-0.05, 0) is 24.6 Å². The molecule has 2 N–H and O–H groups in total. The Hall–Kier alpha value is -3.77. The van der Waals surface area contributed by atoms with E-state index < -0.39 is 23.4 Å². The minimum Gasteiger partial charge on any atom is -0.477 e. The fourth-order valence-electron chi connectivity index (χ4n) is 3.95. The summed E-state index contributed by atoms with van der Waals surface area (Å²) in [5, 5.41) is 10.0. The number of nitrogens with zero attached hydrogens (tertiary/aromatic N) is 3. The third-order valence-corrected chi connectivity index (χ3v) is 5.83. The van der Waals surface area contributed by atoms with Gasteiger partial charge in [0.1, 0.15) is 5.82 Å². The van der Waals surface area contributed by atoms with Crippen LogP contribution in [0.25, 0.3) is 0 Å². The fourth-order valence-corrected chi connectivity index (χ4v) is 3.95. The third-order valence-electron chi connectivity index (χ3n) is 5.83. The van der Waals surface area contributed by atoms with Gasteiger partial charge in [0.2, 0.25) is 17.7 Å². The van der Waals surface area contributed by atoms with Crippen molar-refractivity contribution in [1.29, 1.82) is 0 Å². The van der Waals surface area contributed by atoms with Gasteiger partial charge in [0.05, 0.1) is 24.6 Å². The molecule has 2 aromatic heterocycles. The molecule has 13 heteroatoms. The van der Waals surface area contributed by atoms with Crippen LogP contribution in [-0.4, -0.2) is 70.2 Å². The summed E-state index contributed by atoms with van der Waals surface area (Å²) < 4.78 is 50.5. The number of carbonyl (C=O) groups excluding carboxylic acids is 2. The highest BCUT2D eigenvalue weighted by Crippen LogP contribution is 2.42. The number of amides is 2. The van der Waals surface area contributed by atoms with Gasteiger partial charge in [-0.15, -0.1) is 0 Å². The molecule has 0 saturated carbocycles. The largest absolute Gasteiger partial charge is 0.490 e. The molecule has 188 valence electrons. The number of ether oxygens (including phenoxy) is 1. The summed E-state index contributed by atoms with van der Waals surface area (Å²) >= 11 is 0. The summed E-state index contributed by atoms with van der Waals surface area (Å²) in [7, 11) is 0. The molecule has 2 aromatic rings. The zero-order valence-corrected chi connectivity index (χ0v) is 18.3. The summed E-state index contributed by atoms with van der Waals surface area (Å²) in [5.74, 6) is -2.85. The molecule has 4 heterocycles. The van der Waals surface area contributed by atoms with E-state index in [-0.39, 0.29) is 24.2 Å². The van der Waals surface area contributed by atoms with Gasteiger partial charge >= 0.3 is 12.1 Å². The highest BCUT2D eigenvalue weighted by Gasteiger charge is 2.55. The Morgan fingerprint density at radius 3 is 2.57 bits per heavy atom. The maximum absolute atomic E-state index is 13.0. The number of hydrogen-bond acceptors (Lipinski definition) is 6. The van der Waals surface area contributed by atoms with Crippen LogP contribution in [0.1, 0.15) is 12.1 Å². The molecule has 0 bridgehead atoms. The first kappa shape index (κ1) is 25.8. The molecule has 2 aliphatic heterocycles. The number of halogens is 4. The van der Waals surface area contributed by atoms with Crippen molar-refractivity contribution >= 4 is 17.8 Å². The first-order chi connectivity index (χ1) is 16.5. The predicted molar refractivity (Wildman–Crippen MR) is 111 cm³/mol. The number of aromatic nitrogens is 2. The lowest BCUT2D eigenvalue weighted by Gasteiger charge is -2.28. The molecule has 1 spiro atoms. The molecule has 2 saturated heterocycles. The zero-order valence-electron chi connectivity index (χ0n) is 18.3. The quantitative estimate of drug-likeness (QED) is 0.604. The maximum atomic E-state index is 13.0. The summed E-state index contributed by atoms with van der Waals surface area (Å²) in [6, 6.07) is 8.22. The molecule has 2 atom stereocenters. The zero-order chi connectivity index (χ0) is 25.6. The van der Waals surface area contributed by atoms with E-state index in [4.69, 9.17) is 14.6 Å². The molecule has 9 nitrogen and oxygen atoms in total. The van der Waals surface area contributed by atoms with Crippen LogP contribution in [0, 0.1) is 17.2 Å². The molecule has 2 fully saturated rings. The van der Waals surface area contributed by atoms with Crippen LogP contribution < -0.4 is 10.1 Å². The Morgan fingerprint density at radius 1 is 1.23 bits per heavy atom. The van der Waals surface area contributed by atoms with Crippen LogP contribution in [-0.2, 0) is 20.8 Å². The second-order valence-corrected chi connectivity index (χ2v) is 8.05. The summed E-state index contributed by atoms with van der Waals surface area (Å²) in [4.78, 5) is 43.9. The predicted octanol–water partition coefficient (Wildman–Crippen LogP) is 1.84. The molecular formula is C22H22F4N4O5. The molecule has 0 aliphatic carbocycles. The number of pyridine rings is 2. The minimum absolute atomic E-state index is 0.0303. The Bertz CT molecular complexity index is 1050. The van der Waals surface area contributed by atoms with Crippen LogP contribution in [0.2, 0.25) is 0 Å². The summed E-state index contributed by atoms with van der Waals surface area (Å²) in [6.07, 6.45) is -1.64. The highest BCUT2D eigenvalue weighted by molar-refractivity contribution is 5.88. The van der Waals surface area contributed by atoms with Gasteiger partial charge in [-0.1, -0.05) is 6.07 Å². The second kappa shape index (κ2) is 10.7. The Labute approximate surface area is 197 Å². The Morgan fingerprint density at radius 2 is 1.97 bits per heavy atom. The molecule has 0 radical (unpaired) electrons. The average Bonchev–Trinajstić information content (AvgIpc) is 3.39. The van der Waals surface area contributed by atoms with E-state index in [1.807, 2.05) is 12.1 Å². The van der Waals surface area contributed by atoms with Crippen molar-refractivity contribution in [3.8, 4) is 5.88 Å². The van der Waals surface area contributed by atoms with Crippen LogP contribution in [0.5, 0.6) is 5.88 Å². The average molecular weight is 498 g/mol. The van der Waals surface area contributed by atoms with Crippen molar-refractivity contribution in [2.45, 2.75) is 19.0 Å². The van der Waals surface area contributed by atoms with Crippen molar-refractivity contribution in [3.63, 3.8) is 0 Å². The van der Waals surface area contributed by atoms with Gasteiger partial charge in [-0.25, -0.2) is 14.2 Å². The second-order valence-electron chi connectivity index (χ2n) is 8.05. The van der Waals surface area contributed by atoms with E-state index in [0.29, 0.717) is 44.2 Å². The van der Waals surface area contributed by atoms with Crippen molar-refractivity contribution in [2.24, 2.45) is 11.3 Å². The topological polar surface area (TPSA) is 122 Å². The van der Waals surface area contributed by atoms with Gasteiger partial charge in [-0.3, -0.25) is 14.6 Å². The number of carboxylic acid groups (broad SMARTS) is 1. The van der Waals surface area contributed by atoms with Crippen molar-refractivity contribution in [3.05, 3.63) is 54.2 Å². The van der Waals surface area contributed by atoms with E-state index in [1.165, 1.54) is 12.1 Å². The molecule has 2 amide bonds. The molecule has 35 heavy (non-hydrogen) atoms. The molecular weight excluding hydrogens is 476 g/mol. The van der Waals surface area contributed by atoms with Crippen molar-refractivity contribution < 1.29 is 41.8 Å². The monoisotopic (exact) mass is 498 g/mol. The smallest absolute Gasteiger partial charge is 0.477 e. The van der Waals surface area contributed by atoms with E-state index in [2.05, 4.69) is 15.3 Å². The maximum Gasteiger partial charge on any atom is 0.490 e. The van der Waals surface area contributed by atoms with Gasteiger partial charge in [0, 0.05) is 43.5 Å². The molecule has 2 aliphatic rings. The standard InChI is InChI=1S/C20H21FN4O3.C2HF3O2/c21-15-4-5-16(23-11-15)9-18(26)25-8-6-20(13-25)14(10-24-19(20)27)12-28-17-3-1-2-7-22-17;3-2(4,5)1(6)7/h1-5,7,11,14H,6,8-10,12-13H2,(H,24,27);(H,6,7)/t14-,20-;/m1./s1. The fraction of sp³-hybridized carbons (Fsp3) is 0.409. The summed E-state index contributed by atoms with van der Waals surface area (Å²) in [5.41, 5.74) is -0.126. The van der Waals surface area contributed by atoms with E-state index in [9.17, 15) is 27.2 Å². The molecule has 0 unspecified atom stereocenters. The van der Waals surface area contributed by atoms with Crippen LogP contribution in [0.3, 0.4) is 0 Å². The number of rotatable bonds is 5. The number of nitrogens with one attached hydrogen (secondary N) is 1. The van der Waals surface area contributed by atoms with Crippen LogP contribution in [0.4, 0.5) is 17.6 Å². The molecule has 4 rings (SSSR count). The number of carbonyl (C=O) groups is 3. The van der Waals surface area contributed by atoms with Gasteiger partial charge in [-0.2, -0.15) is 13.2 Å². The van der Waals surface area contributed by atoms with Crippen LogP contribution >= 0.6 is 0 Å². The normalized spacial score (nSPS) is 21.3. The van der Waals surface area contributed by atoms with Gasteiger partial charge < -0.3 is 20.1 Å². The lowest BCUT2D eigenvalue weighted by Crippen LogP contribution is -2.41. The third kappa shape index (κ3) is 6.43. The summed E-state index contributed by atoms with van der Waals surface area (Å²) in [6.45, 7) is 1.74. The Balaban J connectivity index is 0.000000429. The van der Waals surface area contributed by atoms with Crippen LogP contribution in [0.15, 0.2) is 42.7 Å². The highest BCUT2D eigenvalue weighted by atomic mass is 19.4.